The van der Waals surface area contributed by atoms with Crippen LogP contribution in [0.4, 0.5) is 25.1 Å². The molecule has 45 heavy (non-hydrogen) atoms. The van der Waals surface area contributed by atoms with E-state index in [0.717, 1.165) is 28.2 Å². The maximum Gasteiger partial charge on any atom is 0.332 e. The lowest BCUT2D eigenvalue weighted by atomic mass is 10.0. The summed E-state index contributed by atoms with van der Waals surface area (Å²) >= 11 is 0. The van der Waals surface area contributed by atoms with E-state index in [2.05, 4.69) is 10.1 Å². The third kappa shape index (κ3) is 4.54. The molecule has 1 aliphatic carbocycles. The number of nitrogens with zero attached hydrogens (tertiary/aromatic N) is 5. The Bertz CT molecular complexity index is 1940. The standard InChI is InChI=1S/C32H26F2N6O5/c1-15-6-17-8-19(9-18(17)10-24(15)39-31(43)25-11-20(41)14-38(25)32(39)44)28(42)21-12-37-40(30(21)35)26-13-36-27(7-16(26)2)45-29-22(33)4-3-5-23(29)34/h3-8,10,12-13,20,25,41H,9,11,14,35H2,1-2H3/t20-,25+/m1/s1. The molecule has 0 unspecified atom stereocenters. The summed E-state index contributed by atoms with van der Waals surface area (Å²) in [5, 5.41) is 14.2. The van der Waals surface area contributed by atoms with Gasteiger partial charge in [0.15, 0.2) is 17.4 Å². The van der Waals surface area contributed by atoms with Gasteiger partial charge in [-0.25, -0.2) is 28.1 Å². The molecule has 7 rings (SSSR count). The highest BCUT2D eigenvalue weighted by Crippen LogP contribution is 2.38. The average Bonchev–Trinajstić information content (AvgIpc) is 3.74. The highest BCUT2D eigenvalue weighted by molar-refractivity contribution is 6.22. The number of pyridine rings is 1. The van der Waals surface area contributed by atoms with Crippen LogP contribution in [-0.2, 0) is 11.2 Å². The predicted molar refractivity (Wildman–Crippen MR) is 158 cm³/mol. The number of carbonyl (C=O) groups excluding carboxylic acids is 3. The van der Waals surface area contributed by atoms with Crippen molar-refractivity contribution in [3.63, 3.8) is 0 Å². The summed E-state index contributed by atoms with van der Waals surface area (Å²) in [6, 6.07) is 7.31. The number of carbonyl (C=O) groups is 3. The number of ether oxygens (including phenoxy) is 1. The Hall–Kier alpha value is -5.43. The van der Waals surface area contributed by atoms with Crippen molar-refractivity contribution in [1.82, 2.24) is 19.7 Å². The number of nitrogens with two attached hydrogens (primary N) is 1. The number of nitrogen functional groups attached to an aromatic ring is 1. The summed E-state index contributed by atoms with van der Waals surface area (Å²) in [6.07, 6.45) is 4.25. The molecule has 2 aromatic heterocycles. The van der Waals surface area contributed by atoms with Crippen LogP contribution in [0.15, 0.2) is 54.4 Å². The molecule has 2 saturated heterocycles. The molecule has 2 aliphatic heterocycles. The molecule has 3 N–H and O–H groups in total. The second-order valence-electron chi connectivity index (χ2n) is 11.3. The number of para-hydroxylation sites is 1. The van der Waals surface area contributed by atoms with E-state index < -0.39 is 35.6 Å². The topological polar surface area (TPSA) is 144 Å². The second-order valence-corrected chi connectivity index (χ2v) is 11.3. The van der Waals surface area contributed by atoms with Crippen molar-refractivity contribution in [3.8, 4) is 17.3 Å². The van der Waals surface area contributed by atoms with Crippen molar-refractivity contribution in [1.29, 1.82) is 0 Å². The molecule has 11 nitrogen and oxygen atoms in total. The van der Waals surface area contributed by atoms with Crippen LogP contribution in [0.1, 0.15) is 39.0 Å². The van der Waals surface area contributed by atoms with Crippen LogP contribution in [-0.4, -0.2) is 61.2 Å². The first-order valence-electron chi connectivity index (χ1n) is 14.2. The molecule has 228 valence electrons. The fraction of sp³-hybridized carbons (Fsp3) is 0.219. The Labute approximate surface area is 255 Å². The van der Waals surface area contributed by atoms with Gasteiger partial charge in [-0.3, -0.25) is 9.59 Å². The zero-order chi connectivity index (χ0) is 31.7. The average molecular weight is 613 g/mol. The SMILES string of the molecule is Cc1cc2c(cc1N1C(=O)[C@@H]3C[C@@H](O)CN3C1=O)CC(C(=O)c1cnn(-c3cnc(Oc4c(F)cccc4F)cc3C)c1N)=C2. The Balaban J connectivity index is 1.11. The van der Waals surface area contributed by atoms with E-state index in [1.54, 1.807) is 26.0 Å². The molecule has 3 amide bonds. The number of fused-ring (bicyclic) bond motifs is 2. The number of Topliss-reactive ketones (excluding diaryl/α,β-unsaturated/α-hetero) is 1. The highest BCUT2D eigenvalue weighted by atomic mass is 19.1. The summed E-state index contributed by atoms with van der Waals surface area (Å²) in [5.41, 5.74) is 10.7. The van der Waals surface area contributed by atoms with Crippen LogP contribution < -0.4 is 15.4 Å². The van der Waals surface area contributed by atoms with Gasteiger partial charge in [0.2, 0.25) is 11.6 Å². The Morgan fingerprint density at radius 3 is 2.51 bits per heavy atom. The van der Waals surface area contributed by atoms with E-state index >= 15 is 0 Å². The number of allylic oxidation sites excluding steroid dienone is 1. The van der Waals surface area contributed by atoms with E-state index in [4.69, 9.17) is 10.5 Å². The van der Waals surface area contributed by atoms with Crippen LogP contribution in [0, 0.1) is 25.5 Å². The lowest BCUT2D eigenvalue weighted by Crippen LogP contribution is -2.35. The largest absolute Gasteiger partial charge is 0.433 e. The molecular formula is C32H26F2N6O5. The summed E-state index contributed by atoms with van der Waals surface area (Å²) < 4.78 is 34.7. The first kappa shape index (κ1) is 28.3. The molecule has 2 fully saturated rings. The van der Waals surface area contributed by atoms with Gasteiger partial charge < -0.3 is 20.5 Å². The van der Waals surface area contributed by atoms with Crippen molar-refractivity contribution in [2.75, 3.05) is 17.2 Å². The molecule has 13 heteroatoms. The van der Waals surface area contributed by atoms with Gasteiger partial charge >= 0.3 is 6.03 Å². The lowest BCUT2D eigenvalue weighted by Gasteiger charge is -2.19. The van der Waals surface area contributed by atoms with E-state index in [0.29, 0.717) is 28.1 Å². The number of rotatable bonds is 6. The molecule has 0 saturated carbocycles. The third-order valence-electron chi connectivity index (χ3n) is 8.39. The van der Waals surface area contributed by atoms with Gasteiger partial charge in [-0.1, -0.05) is 6.07 Å². The lowest BCUT2D eigenvalue weighted by molar-refractivity contribution is -0.119. The van der Waals surface area contributed by atoms with Crippen LogP contribution >= 0.6 is 0 Å². The first-order valence-corrected chi connectivity index (χ1v) is 14.2. The molecule has 0 radical (unpaired) electrons. The quantitative estimate of drug-likeness (QED) is 0.243. The van der Waals surface area contributed by atoms with Crippen LogP contribution in [0.5, 0.6) is 11.6 Å². The van der Waals surface area contributed by atoms with Gasteiger partial charge in [0.05, 0.1) is 35.4 Å². The van der Waals surface area contributed by atoms with Crippen molar-refractivity contribution >= 4 is 35.3 Å². The van der Waals surface area contributed by atoms with Crippen molar-refractivity contribution in [2.24, 2.45) is 0 Å². The van der Waals surface area contributed by atoms with Gasteiger partial charge in [0.1, 0.15) is 11.9 Å². The number of ketones is 1. The zero-order valence-corrected chi connectivity index (χ0v) is 24.1. The molecule has 2 aromatic carbocycles. The number of hydrogen-bond acceptors (Lipinski definition) is 8. The minimum atomic E-state index is -0.869. The number of hydrogen-bond donors (Lipinski definition) is 2. The second kappa shape index (κ2) is 10.3. The van der Waals surface area contributed by atoms with Gasteiger partial charge in [-0.15, -0.1) is 0 Å². The number of urea groups is 1. The molecule has 0 bridgehead atoms. The molecule has 3 aliphatic rings. The highest BCUT2D eigenvalue weighted by Gasteiger charge is 2.51. The number of aromatic nitrogens is 3. The van der Waals surface area contributed by atoms with Crippen molar-refractivity contribution < 1.29 is 33.0 Å². The Morgan fingerprint density at radius 1 is 1.07 bits per heavy atom. The minimum absolute atomic E-state index is 0.0406. The summed E-state index contributed by atoms with van der Waals surface area (Å²) in [4.78, 5) is 46.5. The van der Waals surface area contributed by atoms with Crippen LogP contribution in [0.25, 0.3) is 11.8 Å². The smallest absolute Gasteiger partial charge is 0.332 e. The molecular weight excluding hydrogens is 586 g/mol. The maximum atomic E-state index is 14.0. The van der Waals surface area contributed by atoms with Crippen LogP contribution in [0.3, 0.4) is 0 Å². The fourth-order valence-corrected chi connectivity index (χ4v) is 6.12. The molecule has 0 spiro atoms. The number of aryl methyl sites for hydroxylation is 2. The summed E-state index contributed by atoms with van der Waals surface area (Å²) in [7, 11) is 0. The van der Waals surface area contributed by atoms with Gasteiger partial charge in [-0.2, -0.15) is 5.10 Å². The van der Waals surface area contributed by atoms with Gasteiger partial charge in [-0.05, 0) is 66.4 Å². The Kier molecular flexibility index (Phi) is 6.51. The van der Waals surface area contributed by atoms with E-state index in [9.17, 15) is 28.3 Å². The summed E-state index contributed by atoms with van der Waals surface area (Å²) in [5.74, 6) is -2.98. The van der Waals surface area contributed by atoms with E-state index in [1.165, 1.54) is 34.1 Å². The summed E-state index contributed by atoms with van der Waals surface area (Å²) in [6.45, 7) is 3.62. The number of imide groups is 1. The number of aliphatic hydroxyl groups excluding tert-OH is 1. The molecule has 2 atom stereocenters. The minimum Gasteiger partial charge on any atom is -0.433 e. The zero-order valence-electron chi connectivity index (χ0n) is 24.1. The van der Waals surface area contributed by atoms with Crippen molar-refractivity contribution in [3.05, 3.63) is 93.8 Å². The number of halogens is 2. The van der Waals surface area contributed by atoms with E-state index in [-0.39, 0.29) is 48.3 Å². The number of benzene rings is 2. The first-order chi connectivity index (χ1) is 21.5. The van der Waals surface area contributed by atoms with Crippen molar-refractivity contribution in [2.45, 2.75) is 38.8 Å². The molecule has 4 heterocycles. The predicted octanol–water partition coefficient (Wildman–Crippen LogP) is 4.26. The monoisotopic (exact) mass is 612 g/mol. The molecule has 4 aromatic rings. The Morgan fingerprint density at radius 2 is 1.80 bits per heavy atom. The van der Waals surface area contributed by atoms with Gasteiger partial charge in [0.25, 0.3) is 5.91 Å². The fourth-order valence-electron chi connectivity index (χ4n) is 6.12. The third-order valence-corrected chi connectivity index (χ3v) is 8.39. The van der Waals surface area contributed by atoms with E-state index in [1.807, 2.05) is 6.07 Å². The van der Waals surface area contributed by atoms with Gasteiger partial charge in [0, 0.05) is 31.0 Å². The van der Waals surface area contributed by atoms with Crippen LogP contribution in [0.2, 0.25) is 0 Å². The maximum absolute atomic E-state index is 14.0. The normalized spacial score (nSPS) is 18.8. The number of amides is 3. The number of aliphatic hydroxyl groups is 1. The number of anilines is 2.